The summed E-state index contributed by atoms with van der Waals surface area (Å²) in [5.74, 6) is 0.0179. The van der Waals surface area contributed by atoms with E-state index in [1.165, 1.54) is 0 Å². The number of carbonyl (C=O) groups is 1. The number of amides is 1. The van der Waals surface area contributed by atoms with Gasteiger partial charge in [-0.05, 0) is 39.7 Å². The van der Waals surface area contributed by atoms with Crippen molar-refractivity contribution in [1.82, 2.24) is 5.32 Å². The molecule has 0 saturated carbocycles. The van der Waals surface area contributed by atoms with E-state index in [9.17, 15) is 4.79 Å². The SMILES string of the molecule is Nc1ccc(CC(=O)NCc2cc(Br)cs2)cc1. The number of nitrogen functional groups attached to an aromatic ring is 1. The first-order valence-corrected chi connectivity index (χ1v) is 7.15. The van der Waals surface area contributed by atoms with E-state index in [2.05, 4.69) is 21.2 Å². The molecule has 0 aliphatic heterocycles. The van der Waals surface area contributed by atoms with E-state index in [4.69, 9.17) is 5.73 Å². The number of nitrogens with two attached hydrogens (primary N) is 1. The van der Waals surface area contributed by atoms with Crippen LogP contribution in [0.25, 0.3) is 0 Å². The van der Waals surface area contributed by atoms with Crippen molar-refractivity contribution in [1.29, 1.82) is 0 Å². The first-order chi connectivity index (χ1) is 8.63. The van der Waals surface area contributed by atoms with E-state index < -0.39 is 0 Å². The van der Waals surface area contributed by atoms with Crippen molar-refractivity contribution in [2.45, 2.75) is 13.0 Å². The van der Waals surface area contributed by atoms with Crippen molar-refractivity contribution < 1.29 is 4.79 Å². The molecule has 1 heterocycles. The molecule has 5 heteroatoms. The molecule has 0 unspecified atom stereocenters. The van der Waals surface area contributed by atoms with Gasteiger partial charge in [-0.25, -0.2) is 0 Å². The molecule has 0 aliphatic rings. The van der Waals surface area contributed by atoms with E-state index >= 15 is 0 Å². The van der Waals surface area contributed by atoms with Gasteiger partial charge in [-0.15, -0.1) is 11.3 Å². The Labute approximate surface area is 118 Å². The van der Waals surface area contributed by atoms with Crippen molar-refractivity contribution >= 4 is 38.9 Å². The molecule has 0 fully saturated rings. The molecule has 94 valence electrons. The number of benzene rings is 1. The van der Waals surface area contributed by atoms with Gasteiger partial charge in [0.05, 0.1) is 13.0 Å². The highest BCUT2D eigenvalue weighted by Gasteiger charge is 2.04. The van der Waals surface area contributed by atoms with Gasteiger partial charge in [0.1, 0.15) is 0 Å². The van der Waals surface area contributed by atoms with Crippen molar-refractivity contribution in [2.24, 2.45) is 0 Å². The Kier molecular flexibility index (Phi) is 4.38. The maximum absolute atomic E-state index is 11.7. The molecule has 0 atom stereocenters. The molecular formula is C13H13BrN2OS. The topological polar surface area (TPSA) is 55.1 Å². The van der Waals surface area contributed by atoms with Crippen LogP contribution in [0.15, 0.2) is 40.2 Å². The largest absolute Gasteiger partial charge is 0.399 e. The third-order valence-electron chi connectivity index (χ3n) is 2.43. The highest BCUT2D eigenvalue weighted by molar-refractivity contribution is 9.10. The van der Waals surface area contributed by atoms with E-state index in [0.717, 1.165) is 14.9 Å². The van der Waals surface area contributed by atoms with Gasteiger partial charge in [0, 0.05) is 20.4 Å². The zero-order chi connectivity index (χ0) is 13.0. The maximum atomic E-state index is 11.7. The number of halogens is 1. The summed E-state index contributed by atoms with van der Waals surface area (Å²) < 4.78 is 1.05. The second-order valence-corrected chi connectivity index (χ2v) is 5.84. The molecule has 2 rings (SSSR count). The molecule has 1 amide bonds. The Morgan fingerprint density at radius 1 is 1.33 bits per heavy atom. The fraction of sp³-hybridized carbons (Fsp3) is 0.154. The molecule has 0 saturated heterocycles. The van der Waals surface area contributed by atoms with E-state index in [1.807, 2.05) is 23.6 Å². The average molecular weight is 325 g/mol. The summed E-state index contributed by atoms with van der Waals surface area (Å²) in [5, 5.41) is 4.90. The van der Waals surface area contributed by atoms with Crippen molar-refractivity contribution in [2.75, 3.05) is 5.73 Å². The summed E-state index contributed by atoms with van der Waals surface area (Å²) >= 11 is 5.01. The molecule has 3 N–H and O–H groups in total. The Morgan fingerprint density at radius 3 is 2.67 bits per heavy atom. The molecule has 1 aromatic heterocycles. The normalized spacial score (nSPS) is 10.3. The zero-order valence-corrected chi connectivity index (χ0v) is 12.1. The molecule has 18 heavy (non-hydrogen) atoms. The van der Waals surface area contributed by atoms with Gasteiger partial charge in [0.15, 0.2) is 0 Å². The van der Waals surface area contributed by atoms with Crippen LogP contribution in [0.4, 0.5) is 5.69 Å². The number of nitrogens with one attached hydrogen (secondary N) is 1. The summed E-state index contributed by atoms with van der Waals surface area (Å²) in [6.45, 7) is 0.573. The van der Waals surface area contributed by atoms with E-state index in [1.54, 1.807) is 23.5 Å². The Morgan fingerprint density at radius 2 is 2.06 bits per heavy atom. The lowest BCUT2D eigenvalue weighted by Gasteiger charge is -2.04. The van der Waals surface area contributed by atoms with Gasteiger partial charge in [-0.1, -0.05) is 12.1 Å². The zero-order valence-electron chi connectivity index (χ0n) is 9.65. The van der Waals surface area contributed by atoms with Gasteiger partial charge < -0.3 is 11.1 Å². The molecule has 1 aromatic carbocycles. The minimum atomic E-state index is 0.0179. The number of hydrogen-bond acceptors (Lipinski definition) is 3. The summed E-state index contributed by atoms with van der Waals surface area (Å²) in [4.78, 5) is 12.9. The monoisotopic (exact) mass is 324 g/mol. The highest BCUT2D eigenvalue weighted by Crippen LogP contribution is 2.19. The van der Waals surface area contributed by atoms with Crippen LogP contribution in [0, 0.1) is 0 Å². The lowest BCUT2D eigenvalue weighted by Crippen LogP contribution is -2.24. The fourth-order valence-corrected chi connectivity index (χ4v) is 2.91. The highest BCUT2D eigenvalue weighted by atomic mass is 79.9. The summed E-state index contributed by atoms with van der Waals surface area (Å²) in [5.41, 5.74) is 7.27. The number of hydrogen-bond donors (Lipinski definition) is 2. The quantitative estimate of drug-likeness (QED) is 0.849. The summed E-state index contributed by atoms with van der Waals surface area (Å²) in [7, 11) is 0. The summed E-state index contributed by atoms with van der Waals surface area (Å²) in [6.07, 6.45) is 0.382. The van der Waals surface area contributed by atoms with Crippen LogP contribution >= 0.6 is 27.3 Å². The van der Waals surface area contributed by atoms with Crippen molar-refractivity contribution in [3.05, 3.63) is 50.6 Å². The van der Waals surface area contributed by atoms with Crippen LogP contribution in [0.3, 0.4) is 0 Å². The smallest absolute Gasteiger partial charge is 0.224 e. The number of anilines is 1. The molecule has 0 bridgehead atoms. The first kappa shape index (κ1) is 13.1. The molecule has 0 aliphatic carbocycles. The predicted octanol–water partition coefficient (Wildman–Crippen LogP) is 2.95. The van der Waals surface area contributed by atoms with Gasteiger partial charge in [0.25, 0.3) is 0 Å². The molecule has 2 aromatic rings. The minimum absolute atomic E-state index is 0.0179. The van der Waals surface area contributed by atoms with Crippen LogP contribution in [0.5, 0.6) is 0 Å². The van der Waals surface area contributed by atoms with Crippen LogP contribution in [-0.4, -0.2) is 5.91 Å². The molecule has 3 nitrogen and oxygen atoms in total. The third-order valence-corrected chi connectivity index (χ3v) is 4.12. The number of carbonyl (C=O) groups excluding carboxylic acids is 1. The minimum Gasteiger partial charge on any atom is -0.399 e. The number of rotatable bonds is 4. The average Bonchev–Trinajstić information content (AvgIpc) is 2.76. The van der Waals surface area contributed by atoms with Gasteiger partial charge >= 0.3 is 0 Å². The molecule has 0 radical (unpaired) electrons. The van der Waals surface area contributed by atoms with Crippen molar-refractivity contribution in [3.63, 3.8) is 0 Å². The lowest BCUT2D eigenvalue weighted by molar-refractivity contribution is -0.120. The van der Waals surface area contributed by atoms with Crippen LogP contribution in [0.1, 0.15) is 10.4 Å². The Bertz CT molecular complexity index is 536. The molecular weight excluding hydrogens is 312 g/mol. The van der Waals surface area contributed by atoms with Gasteiger partial charge in [0.2, 0.25) is 5.91 Å². The lowest BCUT2D eigenvalue weighted by atomic mass is 10.1. The first-order valence-electron chi connectivity index (χ1n) is 5.47. The van der Waals surface area contributed by atoms with E-state index in [0.29, 0.717) is 18.7 Å². The Hall–Kier alpha value is -1.33. The van der Waals surface area contributed by atoms with Gasteiger partial charge in [-0.2, -0.15) is 0 Å². The fourth-order valence-electron chi connectivity index (χ4n) is 1.52. The van der Waals surface area contributed by atoms with E-state index in [-0.39, 0.29) is 5.91 Å². The third kappa shape index (κ3) is 3.85. The second kappa shape index (κ2) is 6.02. The van der Waals surface area contributed by atoms with Crippen LogP contribution in [0.2, 0.25) is 0 Å². The summed E-state index contributed by atoms with van der Waals surface area (Å²) in [6, 6.07) is 9.36. The molecule has 0 spiro atoms. The standard InChI is InChI=1S/C13H13BrN2OS/c14-10-6-12(18-8-10)7-16-13(17)5-9-1-3-11(15)4-2-9/h1-4,6,8H,5,7,15H2,(H,16,17). The Balaban J connectivity index is 1.83. The second-order valence-electron chi connectivity index (χ2n) is 3.93. The predicted molar refractivity (Wildman–Crippen MR) is 78.4 cm³/mol. The maximum Gasteiger partial charge on any atom is 0.224 e. The number of thiophene rings is 1. The van der Waals surface area contributed by atoms with Crippen LogP contribution < -0.4 is 11.1 Å². The van der Waals surface area contributed by atoms with Gasteiger partial charge in [-0.3, -0.25) is 4.79 Å². The van der Waals surface area contributed by atoms with Crippen LogP contribution in [-0.2, 0) is 17.8 Å². The van der Waals surface area contributed by atoms with Crippen molar-refractivity contribution in [3.8, 4) is 0 Å².